The predicted octanol–water partition coefficient (Wildman–Crippen LogP) is 4.96. The molecule has 3 nitrogen and oxygen atoms in total. The van der Waals surface area contributed by atoms with E-state index in [0.29, 0.717) is 22.2 Å². The number of para-hydroxylation sites is 1. The van der Waals surface area contributed by atoms with Crippen molar-refractivity contribution >= 4 is 16.9 Å². The van der Waals surface area contributed by atoms with Crippen LogP contribution in [0.1, 0.15) is 18.1 Å². The van der Waals surface area contributed by atoms with Crippen molar-refractivity contribution in [3.8, 4) is 11.3 Å². The first-order valence-electron chi connectivity index (χ1n) is 7.83. The Morgan fingerprint density at radius 3 is 2.48 bits per heavy atom. The lowest BCUT2D eigenvalue weighted by Gasteiger charge is -2.13. The van der Waals surface area contributed by atoms with Crippen molar-refractivity contribution in [1.82, 2.24) is 4.98 Å². The van der Waals surface area contributed by atoms with Crippen LogP contribution >= 0.6 is 0 Å². The van der Waals surface area contributed by atoms with Crippen molar-refractivity contribution in [2.45, 2.75) is 19.5 Å². The number of carbonyl (C=O) groups excluding carboxylic acids is 1. The topological polar surface area (TPSA) is 42.1 Å². The monoisotopic (exact) mass is 347 g/mol. The van der Waals surface area contributed by atoms with Crippen LogP contribution in [0.3, 0.4) is 0 Å². The maximum atomic E-state index is 13.4. The number of hydrogen-bond donors (Lipinski definition) is 1. The van der Waals surface area contributed by atoms with Gasteiger partial charge < -0.3 is 9.72 Å². The second-order valence-corrected chi connectivity index (χ2v) is 5.55. The Hall–Kier alpha value is -2.76. The van der Waals surface area contributed by atoms with Gasteiger partial charge in [-0.1, -0.05) is 36.4 Å². The number of aromatic nitrogens is 1. The van der Waals surface area contributed by atoms with Gasteiger partial charge in [-0.05, 0) is 24.6 Å². The summed E-state index contributed by atoms with van der Waals surface area (Å²) in [5.74, 6) is -0.474. The third-order valence-corrected chi connectivity index (χ3v) is 3.94. The number of carbonyl (C=O) groups is 1. The van der Waals surface area contributed by atoms with E-state index in [1.165, 1.54) is 12.1 Å². The number of H-pyrrole nitrogens is 1. The summed E-state index contributed by atoms with van der Waals surface area (Å²) in [6.07, 6.45) is -4.59. The van der Waals surface area contributed by atoms with Crippen molar-refractivity contribution in [2.75, 3.05) is 6.61 Å². The minimum atomic E-state index is -4.49. The van der Waals surface area contributed by atoms with E-state index >= 15 is 0 Å². The van der Waals surface area contributed by atoms with Crippen molar-refractivity contribution < 1.29 is 22.7 Å². The molecule has 0 atom stereocenters. The van der Waals surface area contributed by atoms with Crippen LogP contribution in [-0.4, -0.2) is 17.6 Å². The van der Waals surface area contributed by atoms with Crippen molar-refractivity contribution in [2.24, 2.45) is 0 Å². The molecule has 0 bridgehead atoms. The van der Waals surface area contributed by atoms with Crippen molar-refractivity contribution in [1.29, 1.82) is 0 Å². The second-order valence-electron chi connectivity index (χ2n) is 5.55. The fraction of sp³-hybridized carbons (Fsp3) is 0.211. The number of alkyl halides is 3. The minimum absolute atomic E-state index is 0.0190. The van der Waals surface area contributed by atoms with Crippen molar-refractivity contribution in [3.63, 3.8) is 0 Å². The van der Waals surface area contributed by atoms with E-state index in [2.05, 4.69) is 4.98 Å². The summed E-state index contributed by atoms with van der Waals surface area (Å²) < 4.78 is 45.2. The van der Waals surface area contributed by atoms with Crippen LogP contribution in [0, 0.1) is 0 Å². The lowest BCUT2D eigenvalue weighted by Crippen LogP contribution is -2.10. The molecule has 6 heteroatoms. The molecule has 0 saturated heterocycles. The van der Waals surface area contributed by atoms with Gasteiger partial charge in [-0.25, -0.2) is 0 Å². The standard InChI is InChI=1S/C19H16F3NO2/c1-2-25-17(24)11-14-12-7-4-6-10-16(12)23-18(14)13-8-3-5-9-15(13)19(20,21)22/h3-10,23H,2,11H2,1H3. The van der Waals surface area contributed by atoms with E-state index in [1.54, 1.807) is 37.3 Å². The summed E-state index contributed by atoms with van der Waals surface area (Å²) in [4.78, 5) is 15.0. The third kappa shape index (κ3) is 3.38. The molecule has 0 aliphatic heterocycles. The van der Waals surface area contributed by atoms with Gasteiger partial charge in [0, 0.05) is 16.5 Å². The van der Waals surface area contributed by atoms with Crippen LogP contribution in [0.5, 0.6) is 0 Å². The van der Waals surface area contributed by atoms with E-state index in [-0.39, 0.29) is 18.6 Å². The molecule has 130 valence electrons. The van der Waals surface area contributed by atoms with Gasteiger partial charge in [-0.2, -0.15) is 13.2 Å². The molecule has 0 spiro atoms. The van der Waals surface area contributed by atoms with Crippen LogP contribution in [0.15, 0.2) is 48.5 Å². The average Bonchev–Trinajstić information content (AvgIpc) is 2.93. The van der Waals surface area contributed by atoms with E-state index in [0.717, 1.165) is 6.07 Å². The molecule has 0 fully saturated rings. The Balaban J connectivity index is 2.22. The Kier molecular flexibility index (Phi) is 4.53. The molecular weight excluding hydrogens is 331 g/mol. The zero-order valence-corrected chi connectivity index (χ0v) is 13.5. The Bertz CT molecular complexity index is 912. The number of ether oxygens (including phenoxy) is 1. The Morgan fingerprint density at radius 2 is 1.76 bits per heavy atom. The quantitative estimate of drug-likeness (QED) is 0.678. The molecular formula is C19H16F3NO2. The van der Waals surface area contributed by atoms with Gasteiger partial charge in [-0.3, -0.25) is 4.79 Å². The average molecular weight is 347 g/mol. The highest BCUT2D eigenvalue weighted by Crippen LogP contribution is 2.39. The van der Waals surface area contributed by atoms with Crippen LogP contribution in [0.4, 0.5) is 13.2 Å². The van der Waals surface area contributed by atoms with Crippen molar-refractivity contribution in [3.05, 3.63) is 59.7 Å². The molecule has 0 radical (unpaired) electrons. The summed E-state index contributed by atoms with van der Waals surface area (Å²) in [7, 11) is 0. The minimum Gasteiger partial charge on any atom is -0.466 e. The van der Waals surface area contributed by atoms with Gasteiger partial charge in [0.2, 0.25) is 0 Å². The number of hydrogen-bond acceptors (Lipinski definition) is 2. The normalized spacial score (nSPS) is 11.7. The van der Waals surface area contributed by atoms with Gasteiger partial charge >= 0.3 is 12.1 Å². The molecule has 0 amide bonds. The molecule has 2 aromatic carbocycles. The molecule has 0 aliphatic rings. The molecule has 3 aromatic rings. The molecule has 0 saturated carbocycles. The summed E-state index contributed by atoms with van der Waals surface area (Å²) in [6, 6.07) is 12.4. The Labute approximate surface area is 142 Å². The van der Waals surface area contributed by atoms with E-state index in [1.807, 2.05) is 0 Å². The number of benzene rings is 2. The summed E-state index contributed by atoms with van der Waals surface area (Å²) >= 11 is 0. The smallest absolute Gasteiger partial charge is 0.417 e. The number of rotatable bonds is 4. The first kappa shape index (κ1) is 17.1. The number of esters is 1. The first-order chi connectivity index (χ1) is 11.9. The summed E-state index contributed by atoms with van der Waals surface area (Å²) in [5, 5.41) is 0.711. The van der Waals surface area contributed by atoms with Crippen LogP contribution in [0.25, 0.3) is 22.2 Å². The molecule has 1 aromatic heterocycles. The van der Waals surface area contributed by atoms with E-state index < -0.39 is 17.7 Å². The van der Waals surface area contributed by atoms with Gasteiger partial charge in [0.1, 0.15) is 0 Å². The lowest BCUT2D eigenvalue weighted by molar-refractivity contribution is -0.142. The fourth-order valence-electron chi connectivity index (χ4n) is 2.92. The fourth-order valence-corrected chi connectivity index (χ4v) is 2.92. The molecule has 25 heavy (non-hydrogen) atoms. The number of halogens is 3. The second kappa shape index (κ2) is 6.63. The van der Waals surface area contributed by atoms with Crippen LogP contribution < -0.4 is 0 Å². The van der Waals surface area contributed by atoms with Crippen LogP contribution in [-0.2, 0) is 22.1 Å². The van der Waals surface area contributed by atoms with E-state index in [9.17, 15) is 18.0 Å². The molecule has 0 unspecified atom stereocenters. The van der Waals surface area contributed by atoms with Gasteiger partial charge in [0.05, 0.1) is 24.3 Å². The summed E-state index contributed by atoms with van der Waals surface area (Å²) in [6.45, 7) is 1.91. The maximum absolute atomic E-state index is 13.4. The third-order valence-electron chi connectivity index (χ3n) is 3.94. The van der Waals surface area contributed by atoms with Gasteiger partial charge in [-0.15, -0.1) is 0 Å². The maximum Gasteiger partial charge on any atom is 0.417 e. The highest BCUT2D eigenvalue weighted by atomic mass is 19.4. The van der Waals surface area contributed by atoms with Crippen LogP contribution in [0.2, 0.25) is 0 Å². The van der Waals surface area contributed by atoms with Gasteiger partial charge in [0.25, 0.3) is 0 Å². The number of fused-ring (bicyclic) bond motifs is 1. The van der Waals surface area contributed by atoms with E-state index in [4.69, 9.17) is 4.74 Å². The summed E-state index contributed by atoms with van der Waals surface area (Å²) in [5.41, 5.74) is 0.749. The SMILES string of the molecule is CCOC(=O)Cc1c(-c2ccccc2C(F)(F)F)[nH]c2ccccc12. The lowest BCUT2D eigenvalue weighted by atomic mass is 9.98. The largest absolute Gasteiger partial charge is 0.466 e. The van der Waals surface area contributed by atoms with Gasteiger partial charge in [0.15, 0.2) is 0 Å². The highest BCUT2D eigenvalue weighted by molar-refractivity contribution is 5.94. The predicted molar refractivity (Wildman–Crippen MR) is 89.1 cm³/mol. The number of aromatic amines is 1. The highest BCUT2D eigenvalue weighted by Gasteiger charge is 2.34. The molecule has 1 heterocycles. The zero-order valence-electron chi connectivity index (χ0n) is 13.5. The molecule has 1 N–H and O–H groups in total. The molecule has 0 aliphatic carbocycles. The number of nitrogens with one attached hydrogen (secondary N) is 1. The molecule has 3 rings (SSSR count). The Morgan fingerprint density at radius 1 is 1.08 bits per heavy atom. The zero-order chi connectivity index (χ0) is 18.0. The first-order valence-corrected chi connectivity index (χ1v) is 7.83.